The van der Waals surface area contributed by atoms with Crippen LogP contribution in [0.3, 0.4) is 0 Å². The largest absolute Gasteiger partial charge is 0.353 e. The Bertz CT molecular complexity index is 1670. The van der Waals surface area contributed by atoms with E-state index in [0.717, 1.165) is 39.1 Å². The van der Waals surface area contributed by atoms with Crippen LogP contribution in [0.25, 0.3) is 22.3 Å². The van der Waals surface area contributed by atoms with Gasteiger partial charge in [0.2, 0.25) is 5.91 Å². The number of H-pyrrole nitrogens is 2. The fourth-order valence-corrected chi connectivity index (χ4v) is 4.99. The number of ketones is 1. The zero-order chi connectivity index (χ0) is 26.1. The molecule has 0 spiro atoms. The Morgan fingerprint density at radius 3 is 2.74 bits per heavy atom. The summed E-state index contributed by atoms with van der Waals surface area (Å²) in [5.74, 6) is -0.271. The van der Waals surface area contributed by atoms with E-state index in [1.54, 1.807) is 35.6 Å². The number of benzene rings is 1. The van der Waals surface area contributed by atoms with E-state index in [2.05, 4.69) is 26.2 Å². The molecule has 0 saturated heterocycles. The number of Topliss-reactive ketones (excluding diaryl/α,β-unsaturated/α-hetero) is 1. The Kier molecular flexibility index (Phi) is 6.17. The van der Waals surface area contributed by atoms with Gasteiger partial charge in [0.05, 0.1) is 36.6 Å². The number of carbonyl (C=O) groups excluding carboxylic acids is 2. The number of fused-ring (bicyclic) bond motifs is 2. The van der Waals surface area contributed by atoms with Crippen LogP contribution in [-0.4, -0.2) is 41.3 Å². The number of amides is 1. The van der Waals surface area contributed by atoms with Crippen LogP contribution >= 0.6 is 0 Å². The van der Waals surface area contributed by atoms with Crippen LogP contribution < -0.4 is 5.56 Å². The van der Waals surface area contributed by atoms with E-state index >= 15 is 0 Å². The molecular formula is C29H26N6O3. The summed E-state index contributed by atoms with van der Waals surface area (Å²) in [5.41, 5.74) is 5.42. The number of aromatic nitrogens is 5. The van der Waals surface area contributed by atoms with Gasteiger partial charge in [-0.05, 0) is 42.3 Å². The quantitative estimate of drug-likeness (QED) is 0.308. The summed E-state index contributed by atoms with van der Waals surface area (Å²) in [6, 6.07) is 17.1. The van der Waals surface area contributed by atoms with Crippen LogP contribution in [0.2, 0.25) is 0 Å². The first-order chi connectivity index (χ1) is 18.6. The SMILES string of the molecule is O=C(CCCC(=O)N1Cc2[nH]nc(-c3cc4ccccc4[nH]3)c2C1)c1cccn(Cc2cccnc2)c1=O. The van der Waals surface area contributed by atoms with Gasteiger partial charge in [0.25, 0.3) is 5.56 Å². The van der Waals surface area contributed by atoms with Crippen molar-refractivity contribution >= 4 is 22.6 Å². The number of hydrogen-bond acceptors (Lipinski definition) is 5. The predicted octanol–water partition coefficient (Wildman–Crippen LogP) is 4.06. The number of pyridine rings is 2. The van der Waals surface area contributed by atoms with Gasteiger partial charge >= 0.3 is 0 Å². The summed E-state index contributed by atoms with van der Waals surface area (Å²) < 4.78 is 1.51. The minimum Gasteiger partial charge on any atom is -0.353 e. The Labute approximate surface area is 218 Å². The summed E-state index contributed by atoms with van der Waals surface area (Å²) in [5, 5.41) is 8.67. The molecule has 5 aromatic rings. The Hall–Kier alpha value is -4.79. The van der Waals surface area contributed by atoms with Gasteiger partial charge < -0.3 is 14.5 Å². The van der Waals surface area contributed by atoms with Gasteiger partial charge in [-0.25, -0.2) is 0 Å². The third-order valence-electron chi connectivity index (χ3n) is 6.98. The molecule has 38 heavy (non-hydrogen) atoms. The van der Waals surface area contributed by atoms with Gasteiger partial charge in [-0.2, -0.15) is 5.10 Å². The number of para-hydroxylation sites is 1. The van der Waals surface area contributed by atoms with Crippen LogP contribution in [0, 0.1) is 0 Å². The third-order valence-corrected chi connectivity index (χ3v) is 6.98. The van der Waals surface area contributed by atoms with Crippen molar-refractivity contribution in [2.24, 2.45) is 0 Å². The second-order valence-electron chi connectivity index (χ2n) is 9.54. The van der Waals surface area contributed by atoms with Gasteiger partial charge in [-0.15, -0.1) is 0 Å². The Morgan fingerprint density at radius 1 is 1.00 bits per heavy atom. The molecule has 0 unspecified atom stereocenters. The summed E-state index contributed by atoms with van der Waals surface area (Å²) >= 11 is 0. The third kappa shape index (κ3) is 4.54. The van der Waals surface area contributed by atoms with Crippen molar-refractivity contribution in [2.45, 2.75) is 38.9 Å². The predicted molar refractivity (Wildman–Crippen MR) is 142 cm³/mol. The lowest BCUT2D eigenvalue weighted by Gasteiger charge is -2.15. The van der Waals surface area contributed by atoms with Gasteiger partial charge in [0.1, 0.15) is 5.69 Å². The molecule has 1 aromatic carbocycles. The number of rotatable bonds is 8. The first kappa shape index (κ1) is 23.6. The van der Waals surface area contributed by atoms with Gasteiger partial charge in [-0.1, -0.05) is 24.3 Å². The zero-order valence-electron chi connectivity index (χ0n) is 20.7. The number of nitrogens with zero attached hydrogens (tertiary/aromatic N) is 4. The maximum Gasteiger partial charge on any atom is 0.261 e. The van der Waals surface area contributed by atoms with Crippen LogP contribution in [0.1, 0.15) is 46.4 Å². The lowest BCUT2D eigenvalue weighted by molar-refractivity contribution is -0.131. The van der Waals surface area contributed by atoms with Crippen molar-refractivity contribution in [2.75, 3.05) is 0 Å². The second-order valence-corrected chi connectivity index (χ2v) is 9.54. The molecule has 9 nitrogen and oxygen atoms in total. The lowest BCUT2D eigenvalue weighted by atomic mass is 10.1. The lowest BCUT2D eigenvalue weighted by Crippen LogP contribution is -2.27. The first-order valence-corrected chi connectivity index (χ1v) is 12.6. The molecule has 0 fully saturated rings. The summed E-state index contributed by atoms with van der Waals surface area (Å²) in [4.78, 5) is 47.9. The zero-order valence-corrected chi connectivity index (χ0v) is 20.7. The molecule has 190 valence electrons. The number of nitrogens with one attached hydrogen (secondary N) is 2. The van der Waals surface area contributed by atoms with Crippen LogP contribution in [-0.2, 0) is 24.4 Å². The molecule has 1 amide bonds. The Balaban J connectivity index is 1.06. The van der Waals surface area contributed by atoms with Gasteiger partial charge in [0, 0.05) is 47.9 Å². The minimum absolute atomic E-state index is 0.0213. The molecule has 0 bridgehead atoms. The highest BCUT2D eigenvalue weighted by atomic mass is 16.2. The minimum atomic E-state index is -0.331. The number of carbonyl (C=O) groups is 2. The van der Waals surface area contributed by atoms with Crippen molar-refractivity contribution < 1.29 is 9.59 Å². The van der Waals surface area contributed by atoms with Crippen molar-refractivity contribution in [3.8, 4) is 11.4 Å². The topological polar surface area (TPSA) is 117 Å². The van der Waals surface area contributed by atoms with E-state index in [-0.39, 0.29) is 35.7 Å². The fraction of sp³-hybridized carbons (Fsp3) is 0.207. The highest BCUT2D eigenvalue weighted by molar-refractivity contribution is 5.96. The van der Waals surface area contributed by atoms with E-state index < -0.39 is 0 Å². The summed E-state index contributed by atoms with van der Waals surface area (Å²) in [7, 11) is 0. The van der Waals surface area contributed by atoms with Gasteiger partial charge in [-0.3, -0.25) is 24.5 Å². The average Bonchev–Trinajstić information content (AvgIpc) is 3.64. The van der Waals surface area contributed by atoms with Crippen LogP contribution in [0.5, 0.6) is 0 Å². The molecule has 2 N–H and O–H groups in total. The summed E-state index contributed by atoms with van der Waals surface area (Å²) in [6.07, 6.45) is 5.79. The molecule has 1 aliphatic heterocycles. The van der Waals surface area contributed by atoms with E-state index in [0.29, 0.717) is 26.1 Å². The standard InChI is InChI=1S/C29H26N6O3/c36-26(21-8-5-13-34(29(21)38)16-19-6-4-12-30-15-19)10-3-11-27(37)35-17-22-25(18-35)32-33-28(22)24-14-20-7-1-2-9-23(20)31-24/h1-2,4-9,12-15,31H,3,10-11,16-18H2,(H,32,33). The maximum atomic E-state index is 12.9. The second kappa shape index (κ2) is 9.93. The van der Waals surface area contributed by atoms with Crippen molar-refractivity contribution in [1.82, 2.24) is 29.6 Å². The van der Waals surface area contributed by atoms with Gasteiger partial charge in [0.15, 0.2) is 5.78 Å². The monoisotopic (exact) mass is 506 g/mol. The number of aromatic amines is 2. The molecule has 9 heteroatoms. The van der Waals surface area contributed by atoms with Crippen molar-refractivity contribution in [3.05, 3.63) is 106 Å². The molecule has 5 heterocycles. The van der Waals surface area contributed by atoms with Crippen molar-refractivity contribution in [1.29, 1.82) is 0 Å². The normalized spacial score (nSPS) is 12.7. The summed E-state index contributed by atoms with van der Waals surface area (Å²) in [6.45, 7) is 1.28. The highest BCUT2D eigenvalue weighted by Crippen LogP contribution is 2.32. The first-order valence-electron chi connectivity index (χ1n) is 12.6. The highest BCUT2D eigenvalue weighted by Gasteiger charge is 2.29. The van der Waals surface area contributed by atoms with E-state index in [4.69, 9.17) is 0 Å². The van der Waals surface area contributed by atoms with E-state index in [1.165, 1.54) is 4.57 Å². The molecule has 0 atom stereocenters. The number of hydrogen-bond donors (Lipinski definition) is 2. The molecule has 6 rings (SSSR count). The van der Waals surface area contributed by atoms with E-state index in [1.807, 2.05) is 36.4 Å². The van der Waals surface area contributed by atoms with Crippen LogP contribution in [0.15, 0.2) is 78.0 Å². The fourth-order valence-electron chi connectivity index (χ4n) is 4.99. The smallest absolute Gasteiger partial charge is 0.261 e. The average molecular weight is 507 g/mol. The van der Waals surface area contributed by atoms with Crippen molar-refractivity contribution in [3.63, 3.8) is 0 Å². The van der Waals surface area contributed by atoms with E-state index in [9.17, 15) is 14.4 Å². The molecule has 0 saturated carbocycles. The molecule has 0 aliphatic carbocycles. The molecule has 4 aromatic heterocycles. The molecule has 1 aliphatic rings. The molecule has 0 radical (unpaired) electrons. The maximum absolute atomic E-state index is 12.9. The molecular weight excluding hydrogens is 480 g/mol. The Morgan fingerprint density at radius 2 is 1.89 bits per heavy atom. The van der Waals surface area contributed by atoms with Crippen LogP contribution in [0.4, 0.5) is 0 Å².